The number of amides is 2. The van der Waals surface area contributed by atoms with Crippen LogP contribution in [0.25, 0.3) is 0 Å². The Morgan fingerprint density at radius 1 is 1.13 bits per heavy atom. The van der Waals surface area contributed by atoms with Crippen molar-refractivity contribution in [2.75, 3.05) is 40.0 Å². The molecule has 0 aromatic heterocycles. The predicted octanol–water partition coefficient (Wildman–Crippen LogP) is 2.32. The number of aliphatic hydroxyl groups excluding tert-OH is 2. The molecule has 0 radical (unpaired) electrons. The number of halogens is 1. The van der Waals surface area contributed by atoms with E-state index in [-0.39, 0.29) is 44.5 Å². The Labute approximate surface area is 236 Å². The second kappa shape index (κ2) is 15.1. The van der Waals surface area contributed by atoms with Crippen LogP contribution in [0.2, 0.25) is 0 Å². The molecule has 0 bridgehead atoms. The fraction of sp³-hybridized carbons (Fsp3) is 0.429. The fourth-order valence-electron chi connectivity index (χ4n) is 4.36. The summed E-state index contributed by atoms with van der Waals surface area (Å²) in [5.41, 5.74) is 1.29. The molecule has 3 N–H and O–H groups in total. The number of para-hydroxylation sites is 2. The fourth-order valence-corrected chi connectivity index (χ4v) is 4.88. The minimum atomic E-state index is -1.11. The predicted molar refractivity (Wildman–Crippen MR) is 151 cm³/mol. The largest absolute Gasteiger partial charge is 0.496 e. The van der Waals surface area contributed by atoms with Gasteiger partial charge in [-0.25, -0.2) is 0 Å². The van der Waals surface area contributed by atoms with Crippen LogP contribution in [0.4, 0.5) is 0 Å². The lowest BCUT2D eigenvalue weighted by molar-refractivity contribution is -0.143. The average molecular weight is 638 g/mol. The van der Waals surface area contributed by atoms with Crippen molar-refractivity contribution in [3.05, 3.63) is 69.3 Å². The van der Waals surface area contributed by atoms with Crippen molar-refractivity contribution >= 4 is 34.4 Å². The normalized spacial score (nSPS) is 18.9. The average Bonchev–Trinajstić information content (AvgIpc) is 2.93. The number of benzene rings is 2. The third-order valence-electron chi connectivity index (χ3n) is 6.28. The number of aliphatic hydroxyl groups is 2. The first-order chi connectivity index (χ1) is 18.4. The molecule has 2 aromatic carbocycles. The van der Waals surface area contributed by atoms with Gasteiger partial charge in [0.05, 0.1) is 23.3 Å². The second-order valence-electron chi connectivity index (χ2n) is 8.73. The first kappa shape index (κ1) is 29.9. The lowest BCUT2D eigenvalue weighted by Crippen LogP contribution is -2.56. The third kappa shape index (κ3) is 7.92. The molecule has 1 aliphatic carbocycles. The van der Waals surface area contributed by atoms with Crippen LogP contribution in [0.3, 0.4) is 0 Å². The van der Waals surface area contributed by atoms with Crippen molar-refractivity contribution in [1.82, 2.24) is 10.2 Å². The summed E-state index contributed by atoms with van der Waals surface area (Å²) in [7, 11) is 1.59. The van der Waals surface area contributed by atoms with E-state index < -0.39 is 18.2 Å². The van der Waals surface area contributed by atoms with E-state index in [1.807, 2.05) is 42.5 Å². The van der Waals surface area contributed by atoms with Crippen LogP contribution in [-0.4, -0.2) is 85.2 Å². The van der Waals surface area contributed by atoms with Gasteiger partial charge in [-0.2, -0.15) is 0 Å². The van der Waals surface area contributed by atoms with Crippen LogP contribution in [0.5, 0.6) is 11.5 Å². The maximum atomic E-state index is 13.4. The Kier molecular flexibility index (Phi) is 11.8. The molecule has 2 aromatic rings. The molecule has 2 amide bonds. The van der Waals surface area contributed by atoms with Gasteiger partial charge in [-0.1, -0.05) is 30.3 Å². The van der Waals surface area contributed by atoms with Gasteiger partial charge in [0.2, 0.25) is 11.8 Å². The zero-order chi connectivity index (χ0) is 27.5. The molecular weight excluding hydrogens is 603 g/mol. The number of rotatable bonds is 13. The minimum absolute atomic E-state index is 0.0896. The van der Waals surface area contributed by atoms with E-state index in [1.54, 1.807) is 31.1 Å². The van der Waals surface area contributed by atoms with Gasteiger partial charge < -0.3 is 34.6 Å². The smallest absolute Gasteiger partial charge is 0.248 e. The highest BCUT2D eigenvalue weighted by Crippen LogP contribution is 2.30. The van der Waals surface area contributed by atoms with Gasteiger partial charge in [0.15, 0.2) is 0 Å². The highest BCUT2D eigenvalue weighted by Gasteiger charge is 2.40. The lowest BCUT2D eigenvalue weighted by atomic mass is 9.88. The van der Waals surface area contributed by atoms with Crippen molar-refractivity contribution in [3.8, 4) is 11.5 Å². The zero-order valence-electron chi connectivity index (χ0n) is 21.6. The summed E-state index contributed by atoms with van der Waals surface area (Å²) in [5.74, 6) is 0.591. The van der Waals surface area contributed by atoms with Crippen molar-refractivity contribution in [2.24, 2.45) is 0 Å². The Morgan fingerprint density at radius 3 is 2.53 bits per heavy atom. The quantitative estimate of drug-likeness (QED) is 0.289. The van der Waals surface area contributed by atoms with Crippen molar-refractivity contribution < 1.29 is 34.0 Å². The molecule has 3 atom stereocenters. The number of ether oxygens (including phenoxy) is 3. The third-order valence-corrected chi connectivity index (χ3v) is 7.17. The Hall–Kier alpha value is -2.67. The van der Waals surface area contributed by atoms with Crippen molar-refractivity contribution in [1.29, 1.82) is 0 Å². The van der Waals surface area contributed by atoms with Crippen LogP contribution >= 0.6 is 22.6 Å². The number of nitrogens with one attached hydrogen (secondary N) is 1. The summed E-state index contributed by atoms with van der Waals surface area (Å²) < 4.78 is 17.9. The molecule has 3 rings (SSSR count). The van der Waals surface area contributed by atoms with E-state index in [4.69, 9.17) is 14.2 Å². The Morgan fingerprint density at radius 2 is 1.84 bits per heavy atom. The minimum Gasteiger partial charge on any atom is -0.496 e. The van der Waals surface area contributed by atoms with Gasteiger partial charge in [0.25, 0.3) is 0 Å². The van der Waals surface area contributed by atoms with Gasteiger partial charge in [0.1, 0.15) is 30.3 Å². The maximum absolute atomic E-state index is 13.4. The van der Waals surface area contributed by atoms with Crippen LogP contribution < -0.4 is 14.8 Å². The summed E-state index contributed by atoms with van der Waals surface area (Å²) >= 11 is 2.14. The van der Waals surface area contributed by atoms with Crippen molar-refractivity contribution in [2.45, 2.75) is 38.0 Å². The van der Waals surface area contributed by atoms with Crippen molar-refractivity contribution in [3.63, 3.8) is 0 Å². The number of carbonyl (C=O) groups is 2. The highest BCUT2D eigenvalue weighted by molar-refractivity contribution is 14.1. The number of carbonyl (C=O) groups excluding carboxylic acids is 2. The van der Waals surface area contributed by atoms with Crippen LogP contribution in [0.1, 0.15) is 18.9 Å². The highest BCUT2D eigenvalue weighted by atomic mass is 127. The molecule has 0 heterocycles. The van der Waals surface area contributed by atoms with Gasteiger partial charge in [-0.15, -0.1) is 0 Å². The maximum Gasteiger partial charge on any atom is 0.248 e. The first-order valence-electron chi connectivity index (χ1n) is 12.6. The molecule has 1 aliphatic rings. The van der Waals surface area contributed by atoms with E-state index in [9.17, 15) is 19.8 Å². The molecular formula is C28H35IN2O7. The molecule has 0 spiro atoms. The number of hydrogen-bond donors (Lipinski definition) is 3. The lowest BCUT2D eigenvalue weighted by Gasteiger charge is -2.40. The molecule has 9 nitrogen and oxygen atoms in total. The summed E-state index contributed by atoms with van der Waals surface area (Å²) in [6, 6.07) is 14.2. The molecule has 10 heteroatoms. The Balaban J connectivity index is 1.93. The zero-order valence-corrected chi connectivity index (χ0v) is 23.8. The molecule has 0 aliphatic heterocycles. The van der Waals surface area contributed by atoms with Gasteiger partial charge in [-0.05, 0) is 65.8 Å². The van der Waals surface area contributed by atoms with Gasteiger partial charge >= 0.3 is 0 Å². The summed E-state index contributed by atoms with van der Waals surface area (Å²) in [6.45, 7) is 2.18. The Bertz CT molecular complexity index is 1110. The second-order valence-corrected chi connectivity index (χ2v) is 9.89. The van der Waals surface area contributed by atoms with E-state index in [2.05, 4.69) is 27.9 Å². The standard InChI is InChI=1S/C28H35IN2O7/c1-3-37-18-26(33)31(14-12-19-8-4-6-10-23(19)36-2)22-16-20(28(35)30-13-15-32)17-25(27(22)34)38-24-11-7-5-9-21(24)29/h4-11,17,22,25,27,32,34H,3,12-16,18H2,1-2H3,(H,30,35). The molecule has 206 valence electrons. The molecule has 0 saturated carbocycles. The summed E-state index contributed by atoms with van der Waals surface area (Å²) in [6.07, 6.45) is 0.205. The van der Waals surface area contributed by atoms with E-state index in [0.717, 1.165) is 9.13 Å². The summed E-state index contributed by atoms with van der Waals surface area (Å²) in [4.78, 5) is 27.9. The van der Waals surface area contributed by atoms with Crippen LogP contribution in [0, 0.1) is 3.57 Å². The molecule has 0 saturated heterocycles. The van der Waals surface area contributed by atoms with Gasteiger partial charge in [0, 0.05) is 31.7 Å². The van der Waals surface area contributed by atoms with Gasteiger partial charge in [-0.3, -0.25) is 9.59 Å². The molecule has 0 fully saturated rings. The van der Waals surface area contributed by atoms with E-state index >= 15 is 0 Å². The molecule has 38 heavy (non-hydrogen) atoms. The van der Waals surface area contributed by atoms with E-state index in [0.29, 0.717) is 30.1 Å². The molecule has 3 unspecified atom stereocenters. The van der Waals surface area contributed by atoms with Crippen LogP contribution in [-0.2, 0) is 20.7 Å². The number of hydrogen-bond acceptors (Lipinski definition) is 7. The summed E-state index contributed by atoms with van der Waals surface area (Å²) in [5, 5.41) is 23.3. The van der Waals surface area contributed by atoms with E-state index in [1.165, 1.54) is 0 Å². The SMILES string of the molecule is CCOCC(=O)N(CCc1ccccc1OC)C1CC(C(=O)NCCO)=CC(Oc2ccccc2I)C1O. The first-order valence-corrected chi connectivity index (χ1v) is 13.7. The topological polar surface area (TPSA) is 118 Å². The monoisotopic (exact) mass is 638 g/mol. The van der Waals surface area contributed by atoms with Crippen LogP contribution in [0.15, 0.2) is 60.2 Å². The number of methoxy groups -OCH3 is 1. The number of nitrogens with zero attached hydrogens (tertiary/aromatic N) is 1.